The topological polar surface area (TPSA) is 174 Å². The van der Waals surface area contributed by atoms with E-state index in [-0.39, 0.29) is 18.3 Å². The number of unbranched alkanes of at least 4 members (excludes halogenated alkanes) is 4. The Morgan fingerprint density at radius 1 is 0.411 bits per heavy atom. The first kappa shape index (κ1) is 76.7. The fourth-order valence-electron chi connectivity index (χ4n) is 10.9. The van der Waals surface area contributed by atoms with Crippen LogP contribution in [-0.4, -0.2) is 153 Å². The zero-order valence-corrected chi connectivity index (χ0v) is 60.4. The van der Waals surface area contributed by atoms with Gasteiger partial charge in [0.05, 0.1) is 73.0 Å². The van der Waals surface area contributed by atoms with Gasteiger partial charge < -0.3 is 43.3 Å². The molecule has 9 rings (SSSR count). The summed E-state index contributed by atoms with van der Waals surface area (Å²) in [5.41, 5.74) is 13.9. The normalized spacial score (nSPS) is 13.1. The third kappa shape index (κ3) is 26.7. The summed E-state index contributed by atoms with van der Waals surface area (Å²) in [6.45, 7) is 29.0. The molecule has 4 heterocycles. The Labute approximate surface area is 570 Å². The molecule has 1 fully saturated rings. The van der Waals surface area contributed by atoms with Crippen molar-refractivity contribution < 1.29 is 23.7 Å². The first-order valence-electron chi connectivity index (χ1n) is 35.6. The lowest BCUT2D eigenvalue weighted by Gasteiger charge is -2.25. The third-order valence-electron chi connectivity index (χ3n) is 17.4. The first-order valence-corrected chi connectivity index (χ1v) is 35.6. The maximum Gasteiger partial charge on any atom is 0.122 e. The lowest BCUT2D eigenvalue weighted by molar-refractivity contribution is 0.0788. The maximum absolute atomic E-state index is 5.96. The molecule has 95 heavy (non-hydrogen) atoms. The zero-order chi connectivity index (χ0) is 68.2. The smallest absolute Gasteiger partial charge is 0.122 e. The van der Waals surface area contributed by atoms with Crippen LogP contribution in [0.3, 0.4) is 0 Å². The molecule has 8 aromatic rings. The monoisotopic (exact) mass is 1300 g/mol. The van der Waals surface area contributed by atoms with Crippen LogP contribution in [0.2, 0.25) is 0 Å². The van der Waals surface area contributed by atoms with Crippen molar-refractivity contribution in [2.45, 2.75) is 197 Å². The van der Waals surface area contributed by atoms with E-state index in [2.05, 4.69) is 212 Å². The summed E-state index contributed by atoms with van der Waals surface area (Å²) >= 11 is 0. The highest BCUT2D eigenvalue weighted by Crippen LogP contribution is 2.31. The molecular formula is C78H118N12O5. The first-order chi connectivity index (χ1) is 46.2. The van der Waals surface area contributed by atoms with Gasteiger partial charge in [-0.1, -0.05) is 80.6 Å². The number of ether oxygens (including phenoxy) is 5. The quantitative estimate of drug-likeness (QED) is 0.0288. The minimum Gasteiger partial charge on any atom is -0.493 e. The van der Waals surface area contributed by atoms with E-state index >= 15 is 0 Å². The number of nitrogens with zero attached hydrogens (tertiary/aromatic N) is 8. The number of H-pyrrole nitrogens is 4. The largest absolute Gasteiger partial charge is 0.493 e. The van der Waals surface area contributed by atoms with Crippen LogP contribution >= 0.6 is 0 Å². The zero-order valence-electron chi connectivity index (χ0n) is 60.4. The summed E-state index contributed by atoms with van der Waals surface area (Å²) in [6.07, 6.45) is 25.1. The van der Waals surface area contributed by atoms with Gasteiger partial charge >= 0.3 is 0 Å². The summed E-state index contributed by atoms with van der Waals surface area (Å²) in [4.78, 5) is 9.39. The van der Waals surface area contributed by atoms with E-state index in [1.807, 2.05) is 61.2 Å². The molecular weight excluding hydrogens is 1180 g/mol. The predicted molar refractivity (Wildman–Crippen MR) is 391 cm³/mol. The van der Waals surface area contributed by atoms with E-state index < -0.39 is 0 Å². The van der Waals surface area contributed by atoms with Gasteiger partial charge in [0, 0.05) is 77.8 Å². The molecule has 17 heteroatoms. The number of rotatable bonds is 38. The molecule has 1 aliphatic carbocycles. The Hall–Kier alpha value is -7.28. The minimum atomic E-state index is 0.0887. The lowest BCUT2D eigenvalue weighted by atomic mass is 9.86. The van der Waals surface area contributed by atoms with E-state index in [0.717, 1.165) is 147 Å². The summed E-state index contributed by atoms with van der Waals surface area (Å²) in [5, 5.41) is 29.5. The molecule has 4 N–H and O–H groups in total. The third-order valence-corrected chi connectivity index (χ3v) is 17.4. The average molecular weight is 1300 g/mol. The number of methoxy groups -OCH3 is 1. The van der Waals surface area contributed by atoms with Crippen LogP contribution in [0.4, 0.5) is 0 Å². The van der Waals surface area contributed by atoms with Crippen LogP contribution < -0.4 is 18.9 Å². The fraction of sp³-hybridized carbons (Fsp3) is 0.538. The molecule has 17 nitrogen and oxygen atoms in total. The van der Waals surface area contributed by atoms with Crippen molar-refractivity contribution >= 4 is 0 Å². The van der Waals surface area contributed by atoms with Gasteiger partial charge in [0.2, 0.25) is 0 Å². The molecule has 3 atom stereocenters. The highest BCUT2D eigenvalue weighted by molar-refractivity contribution is 5.66. The molecule has 1 aliphatic rings. The Kier molecular flexibility index (Phi) is 34.7. The second-order valence-electron chi connectivity index (χ2n) is 25.9. The molecule has 0 amide bonds. The average Bonchev–Trinajstić information content (AvgIpc) is 1.89. The second kappa shape index (κ2) is 43.0. The lowest BCUT2D eigenvalue weighted by Crippen LogP contribution is -2.21. The highest BCUT2D eigenvalue weighted by Gasteiger charge is 2.19. The maximum atomic E-state index is 5.96. The molecule has 0 radical (unpaired) electrons. The highest BCUT2D eigenvalue weighted by atomic mass is 16.5. The number of nitrogens with one attached hydrogen (secondary N) is 4. The van der Waals surface area contributed by atoms with Crippen molar-refractivity contribution in [3.63, 3.8) is 0 Å². The van der Waals surface area contributed by atoms with Crippen LogP contribution in [0, 0.1) is 5.92 Å². The molecule has 520 valence electrons. The summed E-state index contributed by atoms with van der Waals surface area (Å²) in [6, 6.07) is 33.1. The molecule has 0 aliphatic heterocycles. The van der Waals surface area contributed by atoms with Crippen molar-refractivity contribution in [1.82, 2.24) is 60.4 Å². The van der Waals surface area contributed by atoms with Gasteiger partial charge in [0.15, 0.2) is 0 Å². The van der Waals surface area contributed by atoms with Crippen molar-refractivity contribution in [1.29, 1.82) is 0 Å². The van der Waals surface area contributed by atoms with Gasteiger partial charge in [-0.2, -0.15) is 20.4 Å². The van der Waals surface area contributed by atoms with Crippen LogP contribution in [0.25, 0.3) is 45.0 Å². The van der Waals surface area contributed by atoms with Gasteiger partial charge in [-0.25, -0.2) is 0 Å². The summed E-state index contributed by atoms with van der Waals surface area (Å²) in [5.74, 6) is 4.44. The molecule has 4 aromatic heterocycles. The Bertz CT molecular complexity index is 3140. The number of hydrogen-bond acceptors (Lipinski definition) is 13. The van der Waals surface area contributed by atoms with Gasteiger partial charge in [-0.05, 0) is 229 Å². The van der Waals surface area contributed by atoms with Gasteiger partial charge in [-0.3, -0.25) is 20.4 Å². The number of aromatic nitrogens is 8. The number of hydrogen-bond donors (Lipinski definition) is 4. The van der Waals surface area contributed by atoms with Gasteiger partial charge in [-0.15, -0.1) is 0 Å². The molecule has 1 unspecified atom stereocenters. The SMILES string of the molecule is CCCCN(C)Cc1cn[nH]c1-c1ccc(OC(CC)COC)cc1.CCCCN(C)Cc1cn[nH]c1-c1ccc(OCC2CCC2)cc1.CCCCN(C)Cc1cn[nH]c1-c1ccc(O[C@@H](C)CC)cc1.CCCCN(C)Cc1cn[nH]c1-c1ccc(O[C@H](C)CC)cc1. The minimum absolute atomic E-state index is 0.0887. The van der Waals surface area contributed by atoms with Crippen LogP contribution in [0.15, 0.2) is 122 Å². The Balaban J connectivity index is 0.000000201. The van der Waals surface area contributed by atoms with Crippen molar-refractivity contribution in [2.75, 3.05) is 74.7 Å². The second-order valence-corrected chi connectivity index (χ2v) is 25.9. The molecule has 0 spiro atoms. The molecule has 0 saturated heterocycles. The van der Waals surface area contributed by atoms with E-state index in [0.29, 0.717) is 6.61 Å². The van der Waals surface area contributed by atoms with Gasteiger partial charge in [0.1, 0.15) is 29.1 Å². The number of benzene rings is 4. The van der Waals surface area contributed by atoms with E-state index in [9.17, 15) is 0 Å². The van der Waals surface area contributed by atoms with Crippen molar-refractivity contribution in [3.05, 3.63) is 144 Å². The van der Waals surface area contributed by atoms with Crippen LogP contribution in [0.1, 0.15) is 174 Å². The Morgan fingerprint density at radius 2 is 0.705 bits per heavy atom. The molecule has 0 bridgehead atoms. The van der Waals surface area contributed by atoms with Crippen LogP contribution in [0.5, 0.6) is 23.0 Å². The van der Waals surface area contributed by atoms with E-state index in [1.165, 1.54) is 98.4 Å². The fourth-order valence-corrected chi connectivity index (χ4v) is 10.9. The number of aromatic amines is 4. The molecule has 1 saturated carbocycles. The summed E-state index contributed by atoms with van der Waals surface area (Å²) < 4.78 is 28.7. The van der Waals surface area contributed by atoms with Crippen LogP contribution in [-0.2, 0) is 30.9 Å². The van der Waals surface area contributed by atoms with Crippen molar-refractivity contribution in [2.24, 2.45) is 5.92 Å². The Morgan fingerprint density at radius 3 is 0.958 bits per heavy atom. The standard InChI is InChI=1S/C20H31N3O2.C20H29N3O.2C19H29N3O/c1-5-7-12-23(3)14-17-13-21-22-20(17)16-8-10-19(11-9-16)25-18(6-2)15-24-4;1-3-4-12-23(2)14-18-13-21-22-20(18)17-8-10-19(11-9-17)24-15-16-6-5-7-16;2*1-5-7-12-22(4)14-17-13-20-21-19(17)16-8-10-18(11-9-16)23-15(3)6-2/h8-11,13,18H,5-7,12,14-15H2,1-4H3,(H,21,22);8-11,13,16H,3-7,12,14-15H2,1-2H3,(H,21,22);2*8-11,13,15H,5-7,12,14H2,1-4H3,(H,20,21)/t;;2*15-/m..10/s1. The van der Waals surface area contributed by atoms with E-state index in [4.69, 9.17) is 23.7 Å². The predicted octanol–water partition coefficient (Wildman–Crippen LogP) is 17.6. The van der Waals surface area contributed by atoms with Crippen molar-refractivity contribution in [3.8, 4) is 68.0 Å². The summed E-state index contributed by atoms with van der Waals surface area (Å²) in [7, 11) is 10.4. The van der Waals surface area contributed by atoms with Gasteiger partial charge in [0.25, 0.3) is 0 Å². The molecule has 4 aromatic carbocycles. The van der Waals surface area contributed by atoms with E-state index in [1.54, 1.807) is 7.11 Å².